The average Bonchev–Trinajstić information content (AvgIpc) is 2.28. The van der Waals surface area contributed by atoms with E-state index < -0.39 is 5.41 Å². The number of carbonyl (C=O) groups is 1. The molecular weight excluding hydrogens is 238 g/mol. The van der Waals surface area contributed by atoms with E-state index in [1.54, 1.807) is 25.3 Å². The Morgan fingerprint density at radius 1 is 1.53 bits per heavy atom. The second kappa shape index (κ2) is 4.67. The highest BCUT2D eigenvalue weighted by Gasteiger charge is 2.43. The summed E-state index contributed by atoms with van der Waals surface area (Å²) in [5.41, 5.74) is 5.90. The number of rotatable bonds is 4. The largest absolute Gasteiger partial charge is 0.496 e. The minimum Gasteiger partial charge on any atom is -0.496 e. The van der Waals surface area contributed by atoms with Crippen molar-refractivity contribution >= 4 is 17.4 Å². The molecule has 0 heterocycles. The first-order valence-corrected chi connectivity index (χ1v) is 6.09. The van der Waals surface area contributed by atoms with Crippen LogP contribution < -0.4 is 10.5 Å². The van der Waals surface area contributed by atoms with Crippen LogP contribution in [0.25, 0.3) is 0 Å². The molecule has 1 saturated carbocycles. The van der Waals surface area contributed by atoms with Crippen molar-refractivity contribution in [3.05, 3.63) is 28.8 Å². The number of carbonyl (C=O) groups excluding carboxylic acids is 1. The van der Waals surface area contributed by atoms with Crippen LogP contribution in [-0.2, 0) is 0 Å². The monoisotopic (exact) mass is 253 g/mol. The van der Waals surface area contributed by atoms with Gasteiger partial charge in [0.1, 0.15) is 5.75 Å². The zero-order valence-electron chi connectivity index (χ0n) is 9.83. The van der Waals surface area contributed by atoms with E-state index in [9.17, 15) is 4.79 Å². The Labute approximate surface area is 106 Å². The molecule has 0 spiro atoms. The third-order valence-electron chi connectivity index (χ3n) is 3.59. The van der Waals surface area contributed by atoms with Gasteiger partial charge in [-0.15, -0.1) is 0 Å². The Hall–Kier alpha value is -1.06. The molecule has 2 rings (SSSR count). The van der Waals surface area contributed by atoms with Crippen LogP contribution in [0.1, 0.15) is 29.6 Å². The average molecular weight is 254 g/mol. The summed E-state index contributed by atoms with van der Waals surface area (Å²) in [6.45, 7) is 0.390. The summed E-state index contributed by atoms with van der Waals surface area (Å²) in [5.74, 6) is 0.629. The van der Waals surface area contributed by atoms with Gasteiger partial charge in [0.15, 0.2) is 5.78 Å². The maximum atomic E-state index is 12.5. The van der Waals surface area contributed by atoms with Crippen LogP contribution in [0.5, 0.6) is 5.75 Å². The second-order valence-electron chi connectivity index (χ2n) is 4.51. The summed E-state index contributed by atoms with van der Waals surface area (Å²) in [6, 6.07) is 5.10. The lowest BCUT2D eigenvalue weighted by atomic mass is 9.64. The van der Waals surface area contributed by atoms with Crippen molar-refractivity contribution in [3.63, 3.8) is 0 Å². The number of ketones is 1. The van der Waals surface area contributed by atoms with Gasteiger partial charge >= 0.3 is 0 Å². The predicted molar refractivity (Wildman–Crippen MR) is 67.7 cm³/mol. The fourth-order valence-corrected chi connectivity index (χ4v) is 2.44. The molecule has 0 atom stereocenters. The van der Waals surface area contributed by atoms with Crippen LogP contribution >= 0.6 is 11.6 Å². The van der Waals surface area contributed by atoms with Crippen LogP contribution in [-0.4, -0.2) is 19.4 Å². The minimum atomic E-state index is -0.391. The molecule has 2 N–H and O–H groups in total. The van der Waals surface area contributed by atoms with Crippen LogP contribution in [0, 0.1) is 5.41 Å². The van der Waals surface area contributed by atoms with E-state index in [1.165, 1.54) is 0 Å². The standard InChI is InChI=1S/C13H16ClNO2/c1-17-11-4-3-9(14)7-10(11)12(16)13(8-15)5-2-6-13/h3-4,7H,2,5-6,8,15H2,1H3. The summed E-state index contributed by atoms with van der Waals surface area (Å²) >= 11 is 5.93. The number of Topliss-reactive ketones (excluding diaryl/α,β-unsaturated/α-hetero) is 1. The lowest BCUT2D eigenvalue weighted by Crippen LogP contribution is -2.44. The SMILES string of the molecule is COc1ccc(Cl)cc1C(=O)C1(CN)CCC1. The number of nitrogens with two attached hydrogens (primary N) is 1. The third kappa shape index (κ3) is 2.05. The lowest BCUT2D eigenvalue weighted by molar-refractivity contribution is 0.0632. The van der Waals surface area contributed by atoms with Gasteiger partial charge in [-0.25, -0.2) is 0 Å². The fourth-order valence-electron chi connectivity index (χ4n) is 2.27. The molecule has 1 aromatic carbocycles. The topological polar surface area (TPSA) is 52.3 Å². The van der Waals surface area contributed by atoms with E-state index >= 15 is 0 Å². The molecule has 1 fully saturated rings. The lowest BCUT2D eigenvalue weighted by Gasteiger charge is -2.39. The predicted octanol–water partition coefficient (Wildman–Crippen LogP) is 2.66. The summed E-state index contributed by atoms with van der Waals surface area (Å²) in [7, 11) is 1.55. The molecule has 0 radical (unpaired) electrons. The first-order chi connectivity index (χ1) is 8.13. The molecule has 0 aliphatic heterocycles. The van der Waals surface area contributed by atoms with E-state index in [-0.39, 0.29) is 5.78 Å². The molecule has 17 heavy (non-hydrogen) atoms. The molecule has 0 saturated heterocycles. The van der Waals surface area contributed by atoms with E-state index in [2.05, 4.69) is 0 Å². The van der Waals surface area contributed by atoms with Gasteiger partial charge in [-0.2, -0.15) is 0 Å². The van der Waals surface area contributed by atoms with Crippen molar-refractivity contribution in [2.24, 2.45) is 11.1 Å². The molecule has 3 nitrogen and oxygen atoms in total. The molecule has 1 aliphatic carbocycles. The van der Waals surface area contributed by atoms with Gasteiger partial charge in [0.2, 0.25) is 0 Å². The number of halogens is 1. The van der Waals surface area contributed by atoms with Crippen molar-refractivity contribution in [3.8, 4) is 5.75 Å². The molecule has 0 bridgehead atoms. The molecule has 0 aromatic heterocycles. The first kappa shape index (κ1) is 12.4. The molecule has 92 valence electrons. The molecular formula is C13H16ClNO2. The number of methoxy groups -OCH3 is 1. The maximum Gasteiger partial charge on any atom is 0.174 e. The van der Waals surface area contributed by atoms with Crippen molar-refractivity contribution in [1.82, 2.24) is 0 Å². The van der Waals surface area contributed by atoms with E-state index in [4.69, 9.17) is 22.1 Å². The van der Waals surface area contributed by atoms with Crippen molar-refractivity contribution in [2.45, 2.75) is 19.3 Å². The minimum absolute atomic E-state index is 0.0607. The van der Waals surface area contributed by atoms with Crippen molar-refractivity contribution < 1.29 is 9.53 Å². The zero-order chi connectivity index (χ0) is 12.5. The van der Waals surface area contributed by atoms with Crippen LogP contribution in [0.3, 0.4) is 0 Å². The van der Waals surface area contributed by atoms with Gasteiger partial charge in [-0.1, -0.05) is 18.0 Å². The first-order valence-electron chi connectivity index (χ1n) is 5.71. The zero-order valence-corrected chi connectivity index (χ0v) is 10.6. The number of ether oxygens (including phenoxy) is 1. The van der Waals surface area contributed by atoms with Gasteiger partial charge in [-0.3, -0.25) is 4.79 Å². The molecule has 0 unspecified atom stereocenters. The Morgan fingerprint density at radius 3 is 2.71 bits per heavy atom. The van der Waals surface area contributed by atoms with Crippen LogP contribution in [0.2, 0.25) is 5.02 Å². The van der Waals surface area contributed by atoms with Gasteiger partial charge in [-0.05, 0) is 31.0 Å². The van der Waals surface area contributed by atoms with E-state index in [0.717, 1.165) is 19.3 Å². The summed E-state index contributed by atoms with van der Waals surface area (Å²) in [4.78, 5) is 12.5. The highest BCUT2D eigenvalue weighted by molar-refractivity contribution is 6.31. The third-order valence-corrected chi connectivity index (χ3v) is 3.82. The fraction of sp³-hybridized carbons (Fsp3) is 0.462. The maximum absolute atomic E-state index is 12.5. The smallest absolute Gasteiger partial charge is 0.174 e. The van der Waals surface area contributed by atoms with Crippen LogP contribution in [0.15, 0.2) is 18.2 Å². The normalized spacial score (nSPS) is 17.4. The summed E-state index contributed by atoms with van der Waals surface area (Å²) < 4.78 is 5.21. The van der Waals surface area contributed by atoms with Gasteiger partial charge in [0.05, 0.1) is 12.7 Å². The van der Waals surface area contributed by atoms with E-state index in [1.807, 2.05) is 0 Å². The molecule has 4 heteroatoms. The van der Waals surface area contributed by atoms with Crippen molar-refractivity contribution in [1.29, 1.82) is 0 Å². The second-order valence-corrected chi connectivity index (χ2v) is 4.95. The van der Waals surface area contributed by atoms with Gasteiger partial charge < -0.3 is 10.5 Å². The molecule has 0 amide bonds. The summed E-state index contributed by atoms with van der Waals surface area (Å²) in [5, 5.41) is 0.542. The van der Waals surface area contributed by atoms with E-state index in [0.29, 0.717) is 22.9 Å². The molecule has 1 aliphatic rings. The number of benzene rings is 1. The Morgan fingerprint density at radius 2 is 2.24 bits per heavy atom. The quantitative estimate of drug-likeness (QED) is 0.840. The highest BCUT2D eigenvalue weighted by atomic mass is 35.5. The van der Waals surface area contributed by atoms with Crippen molar-refractivity contribution in [2.75, 3.05) is 13.7 Å². The van der Waals surface area contributed by atoms with Gasteiger partial charge in [0.25, 0.3) is 0 Å². The van der Waals surface area contributed by atoms with Crippen LogP contribution in [0.4, 0.5) is 0 Å². The number of hydrogen-bond donors (Lipinski definition) is 1. The summed E-state index contributed by atoms with van der Waals surface area (Å²) in [6.07, 6.45) is 2.78. The Balaban J connectivity index is 2.39. The Kier molecular flexibility index (Phi) is 3.40. The van der Waals surface area contributed by atoms with Gasteiger partial charge in [0, 0.05) is 17.0 Å². The Bertz CT molecular complexity index is 436. The molecule has 1 aromatic rings. The highest BCUT2D eigenvalue weighted by Crippen LogP contribution is 2.44. The number of hydrogen-bond acceptors (Lipinski definition) is 3.